The first-order valence-electron chi connectivity index (χ1n) is 9.33. The van der Waals surface area contributed by atoms with Gasteiger partial charge in [-0.1, -0.05) is 12.1 Å². The summed E-state index contributed by atoms with van der Waals surface area (Å²) in [5.41, 5.74) is 6.98. The largest absolute Gasteiger partial charge is 0.509 e. The summed E-state index contributed by atoms with van der Waals surface area (Å²) in [6.45, 7) is 1.72. The second kappa shape index (κ2) is 10.8. The zero-order chi connectivity index (χ0) is 23.0. The predicted octanol–water partition coefficient (Wildman–Crippen LogP) is 3.80. The van der Waals surface area contributed by atoms with Gasteiger partial charge in [-0.15, -0.1) is 10.2 Å². The average molecular weight is 428 g/mol. The van der Waals surface area contributed by atoms with E-state index in [-0.39, 0.29) is 35.0 Å². The van der Waals surface area contributed by atoms with Gasteiger partial charge in [0, 0.05) is 25.0 Å². The molecule has 0 aromatic heterocycles. The van der Waals surface area contributed by atoms with E-state index in [2.05, 4.69) is 10.2 Å². The minimum atomic E-state index is -0.567. The molecule has 0 atom stereocenters. The second-order valence-corrected chi connectivity index (χ2v) is 6.53. The first-order chi connectivity index (χ1) is 14.8. The first kappa shape index (κ1) is 23.5. The van der Waals surface area contributed by atoms with Crippen molar-refractivity contribution in [2.24, 2.45) is 16.0 Å². The van der Waals surface area contributed by atoms with Gasteiger partial charge in [0.1, 0.15) is 17.2 Å². The Morgan fingerprint density at radius 1 is 1.16 bits per heavy atom. The molecule has 0 saturated heterocycles. The molecule has 0 saturated carbocycles. The summed E-state index contributed by atoms with van der Waals surface area (Å²) in [5.74, 6) is -0.139. The number of nitro groups is 1. The lowest BCUT2D eigenvalue weighted by atomic mass is 10.0. The van der Waals surface area contributed by atoms with Crippen molar-refractivity contribution >= 4 is 17.2 Å². The molecule has 0 spiro atoms. The maximum Gasteiger partial charge on any atom is 0.273 e. The number of hydrogen-bond acceptors (Lipinski definition) is 9. The predicted molar refractivity (Wildman–Crippen MR) is 114 cm³/mol. The zero-order valence-corrected chi connectivity index (χ0v) is 17.5. The van der Waals surface area contributed by atoms with Gasteiger partial charge in [-0.25, -0.2) is 0 Å². The van der Waals surface area contributed by atoms with E-state index in [9.17, 15) is 20.0 Å². The molecule has 0 bridgehead atoms. The second-order valence-electron chi connectivity index (χ2n) is 6.53. The number of Topliss-reactive ketones (excluding diaryl/α,β-unsaturated/α-hetero) is 1. The van der Waals surface area contributed by atoms with Crippen molar-refractivity contribution in [3.05, 3.63) is 69.1 Å². The number of carbonyl (C=O) groups excluding carboxylic acids is 1. The summed E-state index contributed by atoms with van der Waals surface area (Å²) < 4.78 is 10.4. The van der Waals surface area contributed by atoms with E-state index in [1.54, 1.807) is 6.07 Å². The summed E-state index contributed by atoms with van der Waals surface area (Å²) >= 11 is 0. The molecule has 0 heterocycles. The highest BCUT2D eigenvalue weighted by atomic mass is 16.6. The molecule has 2 rings (SSSR count). The first-order valence-corrected chi connectivity index (χ1v) is 9.33. The van der Waals surface area contributed by atoms with Crippen molar-refractivity contribution in [2.75, 3.05) is 20.8 Å². The molecule has 2 aromatic carbocycles. The van der Waals surface area contributed by atoms with Crippen LogP contribution in [0, 0.1) is 10.1 Å². The van der Waals surface area contributed by atoms with E-state index >= 15 is 0 Å². The summed E-state index contributed by atoms with van der Waals surface area (Å²) in [5, 5.41) is 29.3. The number of nitro benzene ring substituents is 1. The quantitative estimate of drug-likeness (QED) is 0.192. The van der Waals surface area contributed by atoms with Crippen molar-refractivity contribution in [1.29, 1.82) is 0 Å². The molecule has 0 aliphatic heterocycles. The van der Waals surface area contributed by atoms with Gasteiger partial charge in [0.2, 0.25) is 0 Å². The molecule has 10 heteroatoms. The van der Waals surface area contributed by atoms with Gasteiger partial charge in [-0.2, -0.15) is 0 Å². The molecular formula is C21H24N4O6. The average Bonchev–Trinajstić information content (AvgIpc) is 2.74. The number of rotatable bonds is 10. The van der Waals surface area contributed by atoms with E-state index in [0.29, 0.717) is 24.3 Å². The van der Waals surface area contributed by atoms with E-state index < -0.39 is 10.7 Å². The molecule has 0 radical (unpaired) electrons. The number of aliphatic hydroxyl groups excluding tert-OH is 1. The van der Waals surface area contributed by atoms with Crippen LogP contribution in [-0.2, 0) is 17.6 Å². The Balaban J connectivity index is 2.40. The van der Waals surface area contributed by atoms with Gasteiger partial charge >= 0.3 is 0 Å². The Morgan fingerprint density at radius 3 is 2.45 bits per heavy atom. The summed E-state index contributed by atoms with van der Waals surface area (Å²) in [6.07, 6.45) is 0.646. The van der Waals surface area contributed by atoms with Crippen LogP contribution in [-0.4, -0.2) is 36.6 Å². The Bertz CT molecular complexity index is 1030. The molecule has 0 aliphatic rings. The highest BCUT2D eigenvalue weighted by Crippen LogP contribution is 2.32. The number of benzene rings is 2. The molecule has 0 unspecified atom stereocenters. The molecule has 3 N–H and O–H groups in total. The number of carbonyl (C=O) groups is 1. The van der Waals surface area contributed by atoms with Crippen molar-refractivity contribution in [2.45, 2.75) is 19.8 Å². The smallest absolute Gasteiger partial charge is 0.273 e. The topological polar surface area (TPSA) is 150 Å². The van der Waals surface area contributed by atoms with Crippen LogP contribution in [0.3, 0.4) is 0 Å². The SMILES string of the molecule is COc1ccc(CCN)cc1CC(O)=C(N=Nc1ccc([N+](=O)[O-])cc1OC)C(C)=O. The number of allylic oxidation sites excluding steroid dienone is 2. The summed E-state index contributed by atoms with van der Waals surface area (Å²) in [6, 6.07) is 9.26. The van der Waals surface area contributed by atoms with Crippen LogP contribution in [0.4, 0.5) is 11.4 Å². The van der Waals surface area contributed by atoms with Crippen LogP contribution < -0.4 is 15.2 Å². The van der Waals surface area contributed by atoms with Crippen molar-refractivity contribution < 1.29 is 24.3 Å². The van der Waals surface area contributed by atoms with Crippen LogP contribution in [0.5, 0.6) is 11.5 Å². The van der Waals surface area contributed by atoms with Crippen molar-refractivity contribution in [3.63, 3.8) is 0 Å². The van der Waals surface area contributed by atoms with Crippen molar-refractivity contribution in [1.82, 2.24) is 0 Å². The minimum absolute atomic E-state index is 0.00703. The highest BCUT2D eigenvalue weighted by Gasteiger charge is 2.16. The lowest BCUT2D eigenvalue weighted by Crippen LogP contribution is -2.05. The van der Waals surface area contributed by atoms with Gasteiger partial charge in [-0.3, -0.25) is 14.9 Å². The van der Waals surface area contributed by atoms with Crippen molar-refractivity contribution in [3.8, 4) is 11.5 Å². The molecule has 164 valence electrons. The zero-order valence-electron chi connectivity index (χ0n) is 17.5. The van der Waals surface area contributed by atoms with Crippen LogP contribution in [0.2, 0.25) is 0 Å². The highest BCUT2D eigenvalue weighted by molar-refractivity contribution is 5.93. The Hall–Kier alpha value is -3.79. The Kier molecular flexibility index (Phi) is 8.21. The number of hydrogen-bond donors (Lipinski definition) is 2. The molecule has 31 heavy (non-hydrogen) atoms. The number of methoxy groups -OCH3 is 2. The Morgan fingerprint density at radius 2 is 1.87 bits per heavy atom. The number of aliphatic hydroxyl groups is 1. The lowest BCUT2D eigenvalue weighted by Gasteiger charge is -2.11. The summed E-state index contributed by atoms with van der Waals surface area (Å²) in [7, 11) is 2.84. The fraction of sp³-hybridized carbons (Fsp3) is 0.286. The number of ketones is 1. The van der Waals surface area contributed by atoms with E-state index in [1.165, 1.54) is 39.3 Å². The van der Waals surface area contributed by atoms with Crippen LogP contribution >= 0.6 is 0 Å². The maximum absolute atomic E-state index is 12.1. The molecule has 2 aromatic rings. The molecule has 0 amide bonds. The van der Waals surface area contributed by atoms with E-state index in [1.807, 2.05) is 12.1 Å². The third-order valence-corrected chi connectivity index (χ3v) is 4.37. The number of azo groups is 1. The number of ether oxygens (including phenoxy) is 2. The third-order valence-electron chi connectivity index (χ3n) is 4.37. The number of nitrogens with two attached hydrogens (primary N) is 1. The normalized spacial score (nSPS) is 11.9. The number of non-ortho nitro benzene ring substituents is 1. The van der Waals surface area contributed by atoms with E-state index in [4.69, 9.17) is 15.2 Å². The van der Waals surface area contributed by atoms with Crippen LogP contribution in [0.25, 0.3) is 0 Å². The Labute approximate surface area is 179 Å². The number of nitrogens with zero attached hydrogens (tertiary/aromatic N) is 3. The molecule has 10 nitrogen and oxygen atoms in total. The van der Waals surface area contributed by atoms with Crippen LogP contribution in [0.1, 0.15) is 18.1 Å². The maximum atomic E-state index is 12.1. The fourth-order valence-corrected chi connectivity index (χ4v) is 2.85. The standard InChI is InChI=1S/C21H24N4O6/c1-13(26)21(24-23-17-6-5-16(25(28)29)12-20(17)31-3)18(27)11-15-10-14(8-9-22)4-7-19(15)30-2/h4-7,10,12,27H,8-9,11,22H2,1-3H3. The molecule has 0 fully saturated rings. The van der Waals surface area contributed by atoms with E-state index in [0.717, 1.165) is 5.56 Å². The minimum Gasteiger partial charge on any atom is -0.509 e. The third kappa shape index (κ3) is 6.09. The van der Waals surface area contributed by atoms with Crippen LogP contribution in [0.15, 0.2) is 58.1 Å². The van der Waals surface area contributed by atoms with Gasteiger partial charge in [0.25, 0.3) is 5.69 Å². The lowest BCUT2D eigenvalue weighted by molar-refractivity contribution is -0.384. The van der Waals surface area contributed by atoms with Gasteiger partial charge in [-0.05, 0) is 30.7 Å². The monoisotopic (exact) mass is 428 g/mol. The summed E-state index contributed by atoms with van der Waals surface area (Å²) in [4.78, 5) is 22.4. The van der Waals surface area contributed by atoms with Gasteiger partial charge < -0.3 is 20.3 Å². The molecule has 0 aliphatic carbocycles. The van der Waals surface area contributed by atoms with Gasteiger partial charge in [0.05, 0.1) is 25.2 Å². The fourth-order valence-electron chi connectivity index (χ4n) is 2.85. The molecular weight excluding hydrogens is 404 g/mol. The van der Waals surface area contributed by atoms with Gasteiger partial charge in [0.15, 0.2) is 17.2 Å².